The minimum Gasteiger partial charge on any atom is -0.357 e. The van der Waals surface area contributed by atoms with Gasteiger partial charge in [0.2, 0.25) is 11.8 Å². The van der Waals surface area contributed by atoms with Crippen LogP contribution in [0.3, 0.4) is 0 Å². The number of rotatable bonds is 9. The second-order valence-electron chi connectivity index (χ2n) is 8.22. The van der Waals surface area contributed by atoms with Crippen molar-refractivity contribution in [3.63, 3.8) is 0 Å². The van der Waals surface area contributed by atoms with Gasteiger partial charge in [-0.25, -0.2) is 8.42 Å². The normalized spacial score (nSPS) is 12.0. The largest absolute Gasteiger partial charge is 0.357 e. The third-order valence-electron chi connectivity index (χ3n) is 5.65. The highest BCUT2D eigenvalue weighted by Gasteiger charge is 2.32. The maximum atomic E-state index is 13.7. The number of nitrogens with one attached hydrogen (secondary N) is 1. The van der Waals surface area contributed by atoms with Crippen molar-refractivity contribution >= 4 is 50.7 Å². The van der Waals surface area contributed by atoms with Gasteiger partial charge in [-0.2, -0.15) is 0 Å². The first-order chi connectivity index (χ1) is 17.0. The van der Waals surface area contributed by atoms with E-state index in [9.17, 15) is 18.0 Å². The summed E-state index contributed by atoms with van der Waals surface area (Å²) in [6.07, 6.45) is 0. The van der Waals surface area contributed by atoms with Crippen LogP contribution in [0, 0.1) is 6.92 Å². The Labute approximate surface area is 221 Å². The van der Waals surface area contributed by atoms with Crippen LogP contribution in [0.25, 0.3) is 0 Å². The molecule has 3 aromatic carbocycles. The quantitative estimate of drug-likeness (QED) is 0.422. The number of anilines is 1. The molecule has 0 saturated carbocycles. The Morgan fingerprint density at radius 3 is 2.25 bits per heavy atom. The number of hydrogen-bond acceptors (Lipinski definition) is 4. The van der Waals surface area contributed by atoms with E-state index in [2.05, 4.69) is 5.32 Å². The van der Waals surface area contributed by atoms with Crippen LogP contribution in [0.2, 0.25) is 10.0 Å². The molecule has 0 aliphatic heterocycles. The molecular weight excluding hydrogens is 521 g/mol. The molecule has 1 atom stereocenters. The molecular formula is C26H27Cl2N3O4S. The van der Waals surface area contributed by atoms with Crippen molar-refractivity contribution in [3.05, 3.63) is 94.0 Å². The average Bonchev–Trinajstić information content (AvgIpc) is 2.87. The number of carbonyl (C=O) groups excluding carboxylic acids is 2. The van der Waals surface area contributed by atoms with Gasteiger partial charge in [0.25, 0.3) is 10.0 Å². The smallest absolute Gasteiger partial charge is 0.264 e. The number of amides is 2. The van der Waals surface area contributed by atoms with Crippen LogP contribution in [0.5, 0.6) is 0 Å². The van der Waals surface area contributed by atoms with E-state index in [1.165, 1.54) is 42.3 Å². The first-order valence-electron chi connectivity index (χ1n) is 11.1. The van der Waals surface area contributed by atoms with Gasteiger partial charge in [-0.15, -0.1) is 0 Å². The fourth-order valence-corrected chi connectivity index (χ4v) is 5.41. The molecule has 10 heteroatoms. The second kappa shape index (κ2) is 11.8. The van der Waals surface area contributed by atoms with Crippen LogP contribution in [-0.2, 0) is 26.2 Å². The maximum absolute atomic E-state index is 13.7. The third-order valence-corrected chi connectivity index (χ3v) is 8.18. The van der Waals surface area contributed by atoms with Gasteiger partial charge in [-0.05, 0) is 49.7 Å². The molecule has 3 aromatic rings. The molecule has 7 nitrogen and oxygen atoms in total. The predicted octanol–water partition coefficient (Wildman–Crippen LogP) is 4.66. The van der Waals surface area contributed by atoms with Crippen LogP contribution in [0.1, 0.15) is 18.1 Å². The summed E-state index contributed by atoms with van der Waals surface area (Å²) in [5.41, 5.74) is 1.98. The van der Waals surface area contributed by atoms with Crippen molar-refractivity contribution in [2.45, 2.75) is 31.3 Å². The van der Waals surface area contributed by atoms with E-state index >= 15 is 0 Å². The van der Waals surface area contributed by atoms with Gasteiger partial charge in [0, 0.05) is 13.6 Å². The number of likely N-dealkylation sites (N-methyl/N-ethyl adjacent to an activating group) is 1. The SMILES string of the molecule is CNC(=O)[C@@H](C)N(Cc1cccc(C)c1)C(=O)CN(c1ccc(Cl)c(Cl)c1)S(=O)(=O)c1ccccc1. The van der Waals surface area contributed by atoms with Crippen molar-refractivity contribution in [1.82, 2.24) is 10.2 Å². The third kappa shape index (κ3) is 6.37. The lowest BCUT2D eigenvalue weighted by molar-refractivity contribution is -0.139. The predicted molar refractivity (Wildman–Crippen MR) is 143 cm³/mol. The molecule has 0 bridgehead atoms. The molecule has 0 aromatic heterocycles. The summed E-state index contributed by atoms with van der Waals surface area (Å²) in [4.78, 5) is 27.6. The van der Waals surface area contributed by atoms with Crippen LogP contribution in [0.4, 0.5) is 5.69 Å². The Bertz CT molecular complexity index is 1350. The average molecular weight is 548 g/mol. The molecule has 0 spiro atoms. The first-order valence-corrected chi connectivity index (χ1v) is 13.3. The lowest BCUT2D eigenvalue weighted by Gasteiger charge is -2.32. The lowest BCUT2D eigenvalue weighted by atomic mass is 10.1. The topological polar surface area (TPSA) is 86.8 Å². The summed E-state index contributed by atoms with van der Waals surface area (Å²) in [5, 5.41) is 2.95. The summed E-state index contributed by atoms with van der Waals surface area (Å²) in [5.74, 6) is -0.929. The van der Waals surface area contributed by atoms with E-state index in [1.54, 1.807) is 25.1 Å². The van der Waals surface area contributed by atoms with Gasteiger partial charge in [0.05, 0.1) is 20.6 Å². The molecule has 0 heterocycles. The van der Waals surface area contributed by atoms with Gasteiger partial charge in [-0.1, -0.05) is 71.2 Å². The van der Waals surface area contributed by atoms with Gasteiger partial charge in [-0.3, -0.25) is 13.9 Å². The Morgan fingerprint density at radius 2 is 1.64 bits per heavy atom. The fraction of sp³-hybridized carbons (Fsp3) is 0.231. The van der Waals surface area contributed by atoms with Crippen molar-refractivity contribution in [3.8, 4) is 0 Å². The number of aryl methyl sites for hydroxylation is 1. The zero-order valence-electron chi connectivity index (χ0n) is 20.1. The highest BCUT2D eigenvalue weighted by Crippen LogP contribution is 2.30. The standard InChI is InChI=1S/C26H27Cl2N3O4S/c1-18-8-7-9-20(14-18)16-30(19(2)26(33)29-3)25(32)17-31(21-12-13-23(27)24(28)15-21)36(34,35)22-10-5-4-6-11-22/h4-15,19H,16-17H2,1-3H3,(H,29,33)/t19-/m1/s1. The van der Waals surface area contributed by atoms with Crippen molar-refractivity contribution in [2.24, 2.45) is 0 Å². The molecule has 3 rings (SSSR count). The van der Waals surface area contributed by atoms with Crippen LogP contribution < -0.4 is 9.62 Å². The summed E-state index contributed by atoms with van der Waals surface area (Å²) >= 11 is 12.2. The zero-order chi connectivity index (χ0) is 26.5. The molecule has 0 aliphatic carbocycles. The van der Waals surface area contributed by atoms with E-state index in [-0.39, 0.29) is 33.1 Å². The number of sulfonamides is 1. The number of carbonyl (C=O) groups is 2. The zero-order valence-corrected chi connectivity index (χ0v) is 22.4. The molecule has 2 amide bonds. The maximum Gasteiger partial charge on any atom is 0.264 e. The second-order valence-corrected chi connectivity index (χ2v) is 10.9. The van der Waals surface area contributed by atoms with Gasteiger partial charge >= 0.3 is 0 Å². The Balaban J connectivity index is 2.05. The van der Waals surface area contributed by atoms with E-state index < -0.39 is 28.5 Å². The van der Waals surface area contributed by atoms with Gasteiger partial charge in [0.1, 0.15) is 12.6 Å². The van der Waals surface area contributed by atoms with Crippen molar-refractivity contribution < 1.29 is 18.0 Å². The Hall–Kier alpha value is -3.07. The van der Waals surface area contributed by atoms with Crippen LogP contribution >= 0.6 is 23.2 Å². The summed E-state index contributed by atoms with van der Waals surface area (Å²) < 4.78 is 28.3. The van der Waals surface area contributed by atoms with E-state index in [0.29, 0.717) is 0 Å². The molecule has 0 radical (unpaired) electrons. The molecule has 0 aliphatic rings. The Kier molecular flexibility index (Phi) is 9.00. The summed E-state index contributed by atoms with van der Waals surface area (Å²) in [7, 11) is -2.68. The van der Waals surface area contributed by atoms with Crippen molar-refractivity contribution in [2.75, 3.05) is 17.9 Å². The highest BCUT2D eigenvalue weighted by atomic mass is 35.5. The van der Waals surface area contributed by atoms with E-state index in [0.717, 1.165) is 15.4 Å². The lowest BCUT2D eigenvalue weighted by Crippen LogP contribution is -2.50. The van der Waals surface area contributed by atoms with Gasteiger partial charge in [0.15, 0.2) is 0 Å². The number of nitrogens with zero attached hydrogens (tertiary/aromatic N) is 2. The number of hydrogen-bond donors (Lipinski definition) is 1. The summed E-state index contributed by atoms with van der Waals surface area (Å²) in [6, 6.07) is 18.8. The minimum atomic E-state index is -4.16. The number of benzene rings is 3. The first kappa shape index (κ1) is 27.5. The van der Waals surface area contributed by atoms with E-state index in [4.69, 9.17) is 23.2 Å². The molecule has 0 saturated heterocycles. The highest BCUT2D eigenvalue weighted by molar-refractivity contribution is 7.92. The Morgan fingerprint density at radius 1 is 0.944 bits per heavy atom. The van der Waals surface area contributed by atoms with Gasteiger partial charge < -0.3 is 10.2 Å². The van der Waals surface area contributed by atoms with Crippen LogP contribution in [0.15, 0.2) is 77.7 Å². The molecule has 0 fully saturated rings. The monoisotopic (exact) mass is 547 g/mol. The van der Waals surface area contributed by atoms with E-state index in [1.807, 2.05) is 31.2 Å². The fourth-order valence-electron chi connectivity index (χ4n) is 3.69. The minimum absolute atomic E-state index is 0.00783. The number of halogens is 2. The molecule has 1 N–H and O–H groups in total. The molecule has 36 heavy (non-hydrogen) atoms. The van der Waals surface area contributed by atoms with Crippen molar-refractivity contribution in [1.29, 1.82) is 0 Å². The molecule has 190 valence electrons. The molecule has 0 unspecified atom stereocenters. The summed E-state index contributed by atoms with van der Waals surface area (Å²) in [6.45, 7) is 3.09. The van der Waals surface area contributed by atoms with Crippen LogP contribution in [-0.4, -0.2) is 44.8 Å².